The van der Waals surface area contributed by atoms with Gasteiger partial charge in [-0.2, -0.15) is 0 Å². The summed E-state index contributed by atoms with van der Waals surface area (Å²) in [5.74, 6) is 0.201. The summed E-state index contributed by atoms with van der Waals surface area (Å²) in [6.07, 6.45) is 1.52. The van der Waals surface area contributed by atoms with Crippen LogP contribution in [0, 0.1) is 5.92 Å². The van der Waals surface area contributed by atoms with Crippen LogP contribution < -0.4 is 5.32 Å². The summed E-state index contributed by atoms with van der Waals surface area (Å²) in [6.45, 7) is 5.81. The molecule has 0 aromatic heterocycles. The maximum atomic E-state index is 12.1. The molecule has 15 heavy (non-hydrogen) atoms. The average molecular weight is 210 g/mol. The molecule has 3 aliphatic heterocycles. The number of carbonyl (C=O) groups excluding carboxylic acids is 2. The van der Waals surface area contributed by atoms with Crippen LogP contribution in [0.4, 0.5) is 0 Å². The van der Waals surface area contributed by atoms with Gasteiger partial charge in [0.1, 0.15) is 11.1 Å². The highest BCUT2D eigenvalue weighted by Crippen LogP contribution is 2.42. The third-order valence-corrected chi connectivity index (χ3v) is 4.12. The van der Waals surface area contributed by atoms with Crippen LogP contribution in [0.15, 0.2) is 0 Å². The molecule has 2 unspecified atom stereocenters. The normalized spacial score (nSPS) is 39.9. The largest absolute Gasteiger partial charge is 0.340 e. The molecule has 3 fully saturated rings. The first-order chi connectivity index (χ1) is 6.84. The summed E-state index contributed by atoms with van der Waals surface area (Å²) in [4.78, 5) is 25.8. The number of likely N-dealkylation sites (N-methyl/N-ethyl adjacent to an activating group) is 1. The Bertz CT molecular complexity index is 339. The number of amides is 2. The van der Waals surface area contributed by atoms with Crippen LogP contribution in [0.2, 0.25) is 0 Å². The van der Waals surface area contributed by atoms with Gasteiger partial charge in [-0.05, 0) is 25.7 Å². The van der Waals surface area contributed by atoms with E-state index in [4.69, 9.17) is 0 Å². The minimum Gasteiger partial charge on any atom is -0.340 e. The van der Waals surface area contributed by atoms with E-state index in [-0.39, 0.29) is 17.7 Å². The number of hydrogen-bond donors (Lipinski definition) is 1. The Morgan fingerprint density at radius 3 is 2.40 bits per heavy atom. The first kappa shape index (κ1) is 10.5. The highest BCUT2D eigenvalue weighted by Gasteiger charge is 2.61. The van der Waals surface area contributed by atoms with E-state index >= 15 is 0 Å². The Kier molecular flexibility index (Phi) is 1.91. The highest BCUT2D eigenvalue weighted by atomic mass is 16.2. The summed E-state index contributed by atoms with van der Waals surface area (Å²) >= 11 is 0. The third-order valence-electron chi connectivity index (χ3n) is 4.12. The molecule has 0 aliphatic carbocycles. The van der Waals surface area contributed by atoms with Crippen molar-refractivity contribution in [1.82, 2.24) is 10.2 Å². The Morgan fingerprint density at radius 2 is 1.93 bits per heavy atom. The number of rotatable bonds is 1. The quantitative estimate of drug-likeness (QED) is 0.686. The number of carbonyl (C=O) groups is 2. The van der Waals surface area contributed by atoms with E-state index in [2.05, 4.69) is 5.32 Å². The maximum absolute atomic E-state index is 12.1. The van der Waals surface area contributed by atoms with Crippen LogP contribution >= 0.6 is 0 Å². The summed E-state index contributed by atoms with van der Waals surface area (Å²) in [5.41, 5.74) is -1.28. The molecule has 0 spiro atoms. The van der Waals surface area contributed by atoms with Crippen molar-refractivity contribution in [1.29, 1.82) is 0 Å². The van der Waals surface area contributed by atoms with E-state index in [1.54, 1.807) is 11.9 Å². The number of piperazine rings is 1. The van der Waals surface area contributed by atoms with E-state index < -0.39 is 11.1 Å². The molecule has 4 nitrogen and oxygen atoms in total. The van der Waals surface area contributed by atoms with Gasteiger partial charge in [0.2, 0.25) is 11.8 Å². The predicted molar refractivity (Wildman–Crippen MR) is 56.1 cm³/mol. The van der Waals surface area contributed by atoms with E-state index in [1.165, 1.54) is 0 Å². The number of hydrogen-bond acceptors (Lipinski definition) is 2. The van der Waals surface area contributed by atoms with Crippen molar-refractivity contribution in [2.45, 2.75) is 44.7 Å². The molecule has 2 bridgehead atoms. The van der Waals surface area contributed by atoms with Gasteiger partial charge in [0, 0.05) is 7.05 Å². The van der Waals surface area contributed by atoms with Gasteiger partial charge < -0.3 is 10.2 Å². The summed E-state index contributed by atoms with van der Waals surface area (Å²) in [5, 5.41) is 2.86. The van der Waals surface area contributed by atoms with Crippen LogP contribution in [0.5, 0.6) is 0 Å². The Balaban J connectivity index is 2.49. The van der Waals surface area contributed by atoms with Crippen LogP contribution in [0.1, 0.15) is 33.6 Å². The van der Waals surface area contributed by atoms with E-state index in [0.717, 1.165) is 12.8 Å². The lowest BCUT2D eigenvalue weighted by atomic mass is 9.68. The second-order valence-electron chi connectivity index (χ2n) is 5.23. The van der Waals surface area contributed by atoms with Gasteiger partial charge in [0.05, 0.1) is 0 Å². The molecule has 3 heterocycles. The molecule has 3 aliphatic rings. The monoisotopic (exact) mass is 210 g/mol. The second-order valence-corrected chi connectivity index (χ2v) is 5.23. The zero-order chi connectivity index (χ0) is 11.4. The van der Waals surface area contributed by atoms with Crippen LogP contribution in [-0.4, -0.2) is 34.8 Å². The van der Waals surface area contributed by atoms with Gasteiger partial charge in [0.25, 0.3) is 0 Å². The van der Waals surface area contributed by atoms with Crippen LogP contribution in [-0.2, 0) is 9.59 Å². The van der Waals surface area contributed by atoms with Crippen molar-refractivity contribution < 1.29 is 9.59 Å². The molecule has 4 heteroatoms. The van der Waals surface area contributed by atoms with Gasteiger partial charge in [-0.3, -0.25) is 9.59 Å². The molecule has 0 radical (unpaired) electrons. The van der Waals surface area contributed by atoms with Crippen LogP contribution in [0.3, 0.4) is 0 Å². The van der Waals surface area contributed by atoms with Crippen molar-refractivity contribution in [2.75, 3.05) is 7.05 Å². The minimum absolute atomic E-state index is 0.00773. The SMILES string of the molecule is CC(C)C12CCC(C)(NC1=O)C(=O)N2C. The molecule has 0 aromatic carbocycles. The first-order valence-electron chi connectivity index (χ1n) is 5.45. The summed E-state index contributed by atoms with van der Waals surface area (Å²) in [7, 11) is 1.75. The Hall–Kier alpha value is -1.06. The van der Waals surface area contributed by atoms with Crippen molar-refractivity contribution in [3.63, 3.8) is 0 Å². The molecular formula is C11H18N2O2. The highest BCUT2D eigenvalue weighted by molar-refractivity contribution is 6.03. The molecule has 2 atom stereocenters. The van der Waals surface area contributed by atoms with E-state index in [9.17, 15) is 9.59 Å². The third kappa shape index (κ3) is 1.02. The van der Waals surface area contributed by atoms with Gasteiger partial charge in [-0.1, -0.05) is 13.8 Å². The topological polar surface area (TPSA) is 49.4 Å². The van der Waals surface area contributed by atoms with Crippen molar-refractivity contribution >= 4 is 11.8 Å². The molecular weight excluding hydrogens is 192 g/mol. The average Bonchev–Trinajstić information content (AvgIpc) is 2.13. The molecule has 2 amide bonds. The summed E-state index contributed by atoms with van der Waals surface area (Å²) < 4.78 is 0. The Labute approximate surface area is 90.0 Å². The van der Waals surface area contributed by atoms with Gasteiger partial charge in [0.15, 0.2) is 0 Å². The minimum atomic E-state index is -0.664. The Morgan fingerprint density at radius 1 is 1.33 bits per heavy atom. The van der Waals surface area contributed by atoms with Crippen molar-refractivity contribution in [3.8, 4) is 0 Å². The number of nitrogens with one attached hydrogen (secondary N) is 1. The fourth-order valence-corrected chi connectivity index (χ4v) is 2.95. The van der Waals surface area contributed by atoms with Gasteiger partial charge in [-0.15, -0.1) is 0 Å². The number of piperidine rings is 2. The van der Waals surface area contributed by atoms with Gasteiger partial charge >= 0.3 is 0 Å². The summed E-state index contributed by atoms with van der Waals surface area (Å²) in [6, 6.07) is 0. The number of nitrogens with zero attached hydrogens (tertiary/aromatic N) is 1. The molecule has 0 saturated carbocycles. The standard InChI is InChI=1S/C11H18N2O2/c1-7(2)11-6-5-10(3,12-8(11)14)9(15)13(11)4/h7H,5-6H2,1-4H3,(H,12,14). The van der Waals surface area contributed by atoms with Gasteiger partial charge in [-0.25, -0.2) is 0 Å². The van der Waals surface area contributed by atoms with Crippen molar-refractivity contribution in [3.05, 3.63) is 0 Å². The zero-order valence-corrected chi connectivity index (χ0v) is 9.76. The molecule has 0 aromatic rings. The molecule has 3 rings (SSSR count). The fourth-order valence-electron chi connectivity index (χ4n) is 2.95. The fraction of sp³-hybridized carbons (Fsp3) is 0.818. The van der Waals surface area contributed by atoms with E-state index in [1.807, 2.05) is 20.8 Å². The molecule has 84 valence electrons. The molecule has 1 N–H and O–H groups in total. The number of fused-ring (bicyclic) bond motifs is 3. The van der Waals surface area contributed by atoms with Crippen LogP contribution in [0.25, 0.3) is 0 Å². The zero-order valence-electron chi connectivity index (χ0n) is 9.76. The predicted octanol–water partition coefficient (Wildman–Crippen LogP) is 0.522. The van der Waals surface area contributed by atoms with Crippen molar-refractivity contribution in [2.24, 2.45) is 5.92 Å². The lowest BCUT2D eigenvalue weighted by Crippen LogP contribution is -2.79. The smallest absolute Gasteiger partial charge is 0.248 e. The molecule has 3 saturated heterocycles. The lowest BCUT2D eigenvalue weighted by Gasteiger charge is -2.57. The second kappa shape index (κ2) is 2.74. The maximum Gasteiger partial charge on any atom is 0.248 e. The lowest BCUT2D eigenvalue weighted by molar-refractivity contribution is -0.172. The first-order valence-corrected chi connectivity index (χ1v) is 5.45. The van der Waals surface area contributed by atoms with E-state index in [0.29, 0.717) is 0 Å².